The van der Waals surface area contributed by atoms with Crippen LogP contribution < -0.4 is 16.0 Å². The number of hydrogen-bond donors (Lipinski definition) is 0. The van der Waals surface area contributed by atoms with E-state index in [1.807, 2.05) is 32.0 Å². The molecule has 8 heteroatoms. The van der Waals surface area contributed by atoms with Gasteiger partial charge < -0.3 is 9.30 Å². The van der Waals surface area contributed by atoms with Crippen LogP contribution in [0.5, 0.6) is 5.75 Å². The number of para-hydroxylation sites is 2. The molecule has 0 aliphatic carbocycles. The Morgan fingerprint density at radius 1 is 1.09 bits per heavy atom. The molecule has 0 fully saturated rings. The molecule has 0 bridgehead atoms. The van der Waals surface area contributed by atoms with Crippen LogP contribution in [0, 0.1) is 17.2 Å². The zero-order valence-corrected chi connectivity index (χ0v) is 18.9. The maximum absolute atomic E-state index is 13.5. The summed E-state index contributed by atoms with van der Waals surface area (Å²) >= 11 is 0. The fourth-order valence-corrected chi connectivity index (χ4v) is 3.87. The van der Waals surface area contributed by atoms with Crippen LogP contribution in [0.3, 0.4) is 0 Å². The minimum absolute atomic E-state index is 0.254. The first kappa shape index (κ1) is 22.1. The second-order valence-corrected chi connectivity index (χ2v) is 8.24. The van der Waals surface area contributed by atoms with Crippen molar-refractivity contribution in [2.24, 2.45) is 5.92 Å². The lowest BCUT2D eigenvalue weighted by atomic mass is 10.1. The molecule has 0 radical (unpaired) electrons. The molecular weight excluding hydrogens is 418 g/mol. The Morgan fingerprint density at radius 2 is 1.82 bits per heavy atom. The van der Waals surface area contributed by atoms with Crippen LogP contribution in [-0.2, 0) is 13.1 Å². The first-order valence-electron chi connectivity index (χ1n) is 10.8. The first-order chi connectivity index (χ1) is 16.0. The molecule has 0 aliphatic rings. The number of aromatic nitrogens is 4. The highest BCUT2D eigenvalue weighted by Crippen LogP contribution is 2.23. The normalized spacial score (nSPS) is 11.1. The Hall–Kier alpha value is -4.12. The van der Waals surface area contributed by atoms with Gasteiger partial charge in [0.15, 0.2) is 11.2 Å². The lowest BCUT2D eigenvalue weighted by Crippen LogP contribution is -2.40. The van der Waals surface area contributed by atoms with Crippen molar-refractivity contribution in [1.82, 2.24) is 18.7 Å². The molecule has 0 saturated heterocycles. The monoisotopic (exact) mass is 443 g/mol. The standard InChI is InChI=1S/C25H25N5O3/c1-17(2)12-13-29-24(31)22-23(30(25(29)32)20-10-6-7-11-21(20)33-3)27-16-28(22)15-19-9-5-4-8-18(19)14-26/h4-11,16-17H,12-13,15H2,1-3H3. The number of benzene rings is 2. The lowest BCUT2D eigenvalue weighted by Gasteiger charge is -2.15. The minimum atomic E-state index is -0.458. The Labute approximate surface area is 190 Å². The number of rotatable bonds is 7. The molecule has 0 unspecified atom stereocenters. The lowest BCUT2D eigenvalue weighted by molar-refractivity contribution is 0.412. The van der Waals surface area contributed by atoms with Gasteiger partial charge in [-0.15, -0.1) is 0 Å². The molecule has 0 saturated carbocycles. The summed E-state index contributed by atoms with van der Waals surface area (Å²) in [6, 6.07) is 16.6. The van der Waals surface area contributed by atoms with E-state index < -0.39 is 11.2 Å². The summed E-state index contributed by atoms with van der Waals surface area (Å²) in [6.45, 7) is 4.67. The fourth-order valence-electron chi connectivity index (χ4n) is 3.87. The smallest absolute Gasteiger partial charge is 0.337 e. The molecule has 2 aromatic carbocycles. The molecule has 2 aromatic heterocycles. The Morgan fingerprint density at radius 3 is 2.55 bits per heavy atom. The summed E-state index contributed by atoms with van der Waals surface area (Å²) in [5, 5.41) is 9.47. The van der Waals surface area contributed by atoms with E-state index in [0.29, 0.717) is 41.4 Å². The summed E-state index contributed by atoms with van der Waals surface area (Å²) in [4.78, 5) is 31.5. The zero-order chi connectivity index (χ0) is 23.5. The van der Waals surface area contributed by atoms with Gasteiger partial charge in [0.1, 0.15) is 5.75 Å². The van der Waals surface area contributed by atoms with Gasteiger partial charge >= 0.3 is 5.69 Å². The predicted molar refractivity (Wildman–Crippen MR) is 126 cm³/mol. The molecule has 0 atom stereocenters. The van der Waals surface area contributed by atoms with Gasteiger partial charge in [-0.1, -0.05) is 44.2 Å². The van der Waals surface area contributed by atoms with Crippen LogP contribution in [0.1, 0.15) is 31.4 Å². The van der Waals surface area contributed by atoms with Crippen LogP contribution in [0.15, 0.2) is 64.4 Å². The Balaban J connectivity index is 2.01. The molecule has 0 spiro atoms. The van der Waals surface area contributed by atoms with Crippen molar-refractivity contribution in [3.63, 3.8) is 0 Å². The van der Waals surface area contributed by atoms with Crippen molar-refractivity contribution in [3.05, 3.63) is 86.8 Å². The van der Waals surface area contributed by atoms with Crippen LogP contribution in [0.4, 0.5) is 0 Å². The van der Waals surface area contributed by atoms with Gasteiger partial charge in [0.25, 0.3) is 5.56 Å². The van der Waals surface area contributed by atoms with Crippen LogP contribution >= 0.6 is 0 Å². The molecule has 2 heterocycles. The van der Waals surface area contributed by atoms with E-state index in [-0.39, 0.29) is 12.2 Å². The van der Waals surface area contributed by atoms with E-state index in [0.717, 1.165) is 5.56 Å². The predicted octanol–water partition coefficient (Wildman–Crippen LogP) is 3.32. The van der Waals surface area contributed by atoms with E-state index in [1.54, 1.807) is 41.2 Å². The molecule has 168 valence electrons. The highest BCUT2D eigenvalue weighted by molar-refractivity contribution is 5.73. The SMILES string of the molecule is COc1ccccc1-n1c(=O)n(CCC(C)C)c(=O)c2c1ncn2Cc1ccccc1C#N. The minimum Gasteiger partial charge on any atom is -0.495 e. The summed E-state index contributed by atoms with van der Waals surface area (Å²) < 4.78 is 9.89. The highest BCUT2D eigenvalue weighted by atomic mass is 16.5. The summed E-state index contributed by atoms with van der Waals surface area (Å²) in [6.07, 6.45) is 2.22. The third-order valence-corrected chi connectivity index (χ3v) is 5.63. The molecule has 0 N–H and O–H groups in total. The van der Waals surface area contributed by atoms with Crippen molar-refractivity contribution >= 4 is 11.2 Å². The van der Waals surface area contributed by atoms with Crippen molar-refractivity contribution in [2.45, 2.75) is 33.4 Å². The molecule has 33 heavy (non-hydrogen) atoms. The first-order valence-corrected chi connectivity index (χ1v) is 10.8. The van der Waals surface area contributed by atoms with E-state index in [1.165, 1.54) is 16.2 Å². The quantitative estimate of drug-likeness (QED) is 0.437. The number of methoxy groups -OCH3 is 1. The summed E-state index contributed by atoms with van der Waals surface area (Å²) in [5.74, 6) is 0.818. The topological polar surface area (TPSA) is 94.8 Å². The fraction of sp³-hybridized carbons (Fsp3) is 0.280. The van der Waals surface area contributed by atoms with E-state index in [9.17, 15) is 14.9 Å². The van der Waals surface area contributed by atoms with E-state index >= 15 is 0 Å². The average molecular weight is 444 g/mol. The number of fused-ring (bicyclic) bond motifs is 1. The van der Waals surface area contributed by atoms with Crippen molar-refractivity contribution in [1.29, 1.82) is 5.26 Å². The van der Waals surface area contributed by atoms with Crippen molar-refractivity contribution in [3.8, 4) is 17.5 Å². The molecule has 0 aliphatic heterocycles. The molecule has 8 nitrogen and oxygen atoms in total. The third kappa shape index (κ3) is 4.05. The van der Waals surface area contributed by atoms with Gasteiger partial charge in [-0.3, -0.25) is 9.36 Å². The molecular formula is C25H25N5O3. The van der Waals surface area contributed by atoms with Gasteiger partial charge in [-0.25, -0.2) is 14.3 Å². The van der Waals surface area contributed by atoms with Gasteiger partial charge in [-0.05, 0) is 36.1 Å². The van der Waals surface area contributed by atoms with E-state index in [2.05, 4.69) is 11.1 Å². The van der Waals surface area contributed by atoms with E-state index in [4.69, 9.17) is 4.74 Å². The summed E-state index contributed by atoms with van der Waals surface area (Å²) in [7, 11) is 1.53. The molecule has 4 rings (SSSR count). The molecule has 0 amide bonds. The third-order valence-electron chi connectivity index (χ3n) is 5.63. The maximum atomic E-state index is 13.5. The zero-order valence-electron chi connectivity index (χ0n) is 18.9. The largest absolute Gasteiger partial charge is 0.495 e. The van der Waals surface area contributed by atoms with Crippen LogP contribution in [-0.4, -0.2) is 25.8 Å². The number of nitriles is 1. The molecule has 4 aromatic rings. The van der Waals surface area contributed by atoms with Crippen molar-refractivity contribution in [2.75, 3.05) is 7.11 Å². The highest BCUT2D eigenvalue weighted by Gasteiger charge is 2.21. The Kier molecular flexibility index (Phi) is 6.13. The van der Waals surface area contributed by atoms with Gasteiger partial charge in [0.05, 0.1) is 37.3 Å². The summed E-state index contributed by atoms with van der Waals surface area (Å²) in [5.41, 5.74) is 1.51. The van der Waals surface area contributed by atoms with Crippen LogP contribution in [0.2, 0.25) is 0 Å². The Bertz CT molecular complexity index is 1470. The number of ether oxygens (including phenoxy) is 1. The number of imidazole rings is 1. The number of hydrogen-bond acceptors (Lipinski definition) is 5. The van der Waals surface area contributed by atoms with Gasteiger partial charge in [0, 0.05) is 6.54 Å². The average Bonchev–Trinajstić information content (AvgIpc) is 3.23. The van der Waals surface area contributed by atoms with Gasteiger partial charge in [-0.2, -0.15) is 5.26 Å². The number of nitrogens with zero attached hydrogens (tertiary/aromatic N) is 5. The maximum Gasteiger partial charge on any atom is 0.337 e. The van der Waals surface area contributed by atoms with Gasteiger partial charge in [0.2, 0.25) is 0 Å². The second kappa shape index (κ2) is 9.17. The second-order valence-electron chi connectivity index (χ2n) is 8.24. The van der Waals surface area contributed by atoms with Crippen molar-refractivity contribution < 1.29 is 4.74 Å². The van der Waals surface area contributed by atoms with Crippen LogP contribution in [0.25, 0.3) is 16.9 Å².